The lowest BCUT2D eigenvalue weighted by Gasteiger charge is -2.24. The molecule has 226 valence electrons. The molecule has 3 atom stereocenters. The van der Waals surface area contributed by atoms with Crippen LogP contribution in [0.1, 0.15) is 80.1 Å². The average molecular weight is 585 g/mol. The molecule has 0 bridgehead atoms. The van der Waals surface area contributed by atoms with E-state index in [2.05, 4.69) is 141 Å². The normalized spacial score (nSPS) is 20.9. The van der Waals surface area contributed by atoms with Gasteiger partial charge in [-0.1, -0.05) is 96.2 Å². The highest BCUT2D eigenvalue weighted by Gasteiger charge is 2.34. The molecule has 1 heterocycles. The lowest BCUT2D eigenvalue weighted by molar-refractivity contribution is -0.386. The van der Waals surface area contributed by atoms with Crippen LogP contribution in [0.3, 0.4) is 0 Å². The molecule has 3 heteroatoms. The molecular weight excluding hydrogens is 527 g/mol. The summed E-state index contributed by atoms with van der Waals surface area (Å²) in [6.45, 7) is 29.2. The number of hydrogen-bond acceptors (Lipinski definition) is 1. The van der Waals surface area contributed by atoms with Gasteiger partial charge in [-0.15, -0.1) is 0 Å². The van der Waals surface area contributed by atoms with Gasteiger partial charge in [0.25, 0.3) is 0 Å². The van der Waals surface area contributed by atoms with Crippen molar-refractivity contribution in [3.8, 4) is 6.07 Å². The van der Waals surface area contributed by atoms with E-state index in [1.807, 2.05) is 4.58 Å². The Morgan fingerprint density at radius 2 is 1.86 bits per heavy atom. The van der Waals surface area contributed by atoms with Gasteiger partial charge in [0.15, 0.2) is 6.20 Å². The smallest absolute Gasteiger partial charge is 0.198 e. The minimum Gasteiger partial charge on any atom is -0.198 e. The van der Waals surface area contributed by atoms with Gasteiger partial charge in [-0.05, 0) is 67.7 Å². The molecular formula is C39H57N2P+2. The standard InChI is InChI=1S/C39H57N2P/c1-11-25-39(7,8)26-22-34(30-40)18-15-17-33(6)42(10)28-16-19-35(24-29-42)36(31(2)3)23-27-41(9)38-21-14-12-13-20-37(38)32(4)5/h12-16,18-19,21,23-24,27,32,34,36H,2,6,9,11,17,20,22,25-26,28-29H2,1,3-5,7-8,10H3/q+2/b18-15?,27-23-. The van der Waals surface area contributed by atoms with Crippen molar-refractivity contribution in [3.05, 3.63) is 108 Å². The van der Waals surface area contributed by atoms with Gasteiger partial charge in [-0.3, -0.25) is 0 Å². The Morgan fingerprint density at radius 3 is 2.50 bits per heavy atom. The predicted octanol–water partition coefficient (Wildman–Crippen LogP) is 11.2. The molecule has 0 N–H and O–H groups in total. The second-order valence-electron chi connectivity index (χ2n) is 13.4. The Morgan fingerprint density at radius 1 is 1.12 bits per heavy atom. The summed E-state index contributed by atoms with van der Waals surface area (Å²) in [6.07, 6.45) is 32.7. The number of rotatable bonds is 15. The van der Waals surface area contributed by atoms with Crippen LogP contribution in [0.2, 0.25) is 0 Å². The molecule has 0 radical (unpaired) electrons. The molecule has 0 spiro atoms. The van der Waals surface area contributed by atoms with Crippen molar-refractivity contribution in [1.82, 2.24) is 0 Å². The van der Waals surface area contributed by atoms with Crippen molar-refractivity contribution in [3.63, 3.8) is 0 Å². The van der Waals surface area contributed by atoms with Gasteiger partial charge in [-0.2, -0.15) is 9.84 Å². The molecule has 0 saturated carbocycles. The number of nitrogens with zero attached hydrogens (tertiary/aromatic N) is 2. The van der Waals surface area contributed by atoms with Crippen LogP contribution in [0.15, 0.2) is 108 Å². The van der Waals surface area contributed by atoms with Crippen LogP contribution in [0.4, 0.5) is 0 Å². The fourth-order valence-corrected chi connectivity index (χ4v) is 8.17. The highest BCUT2D eigenvalue weighted by Crippen LogP contribution is 2.64. The summed E-state index contributed by atoms with van der Waals surface area (Å²) in [5, 5.41) is 11.1. The third-order valence-electron chi connectivity index (χ3n) is 8.78. The zero-order chi connectivity index (χ0) is 31.3. The van der Waals surface area contributed by atoms with Gasteiger partial charge >= 0.3 is 0 Å². The fourth-order valence-electron chi connectivity index (χ4n) is 5.77. The van der Waals surface area contributed by atoms with Gasteiger partial charge in [0.1, 0.15) is 6.72 Å². The lowest BCUT2D eigenvalue weighted by Crippen LogP contribution is -2.12. The van der Waals surface area contributed by atoms with E-state index < -0.39 is 7.26 Å². The third kappa shape index (κ3) is 10.8. The van der Waals surface area contributed by atoms with E-state index in [1.165, 1.54) is 35.0 Å². The predicted molar refractivity (Wildman–Crippen MR) is 189 cm³/mol. The molecule has 0 aromatic carbocycles. The van der Waals surface area contributed by atoms with E-state index in [1.54, 1.807) is 0 Å². The van der Waals surface area contributed by atoms with Crippen LogP contribution >= 0.6 is 7.26 Å². The maximum Gasteiger partial charge on any atom is 0.209 e. The van der Waals surface area contributed by atoms with Crippen molar-refractivity contribution < 1.29 is 4.58 Å². The molecule has 1 aliphatic heterocycles. The fraction of sp³-hybridized carbons (Fsp3) is 0.487. The summed E-state index contributed by atoms with van der Waals surface area (Å²) in [6, 6.07) is 2.51. The van der Waals surface area contributed by atoms with Crippen molar-refractivity contribution >= 4 is 14.0 Å². The minimum absolute atomic E-state index is 0.0200. The molecule has 3 unspecified atom stereocenters. The van der Waals surface area contributed by atoms with Gasteiger partial charge < -0.3 is 0 Å². The molecule has 42 heavy (non-hydrogen) atoms. The summed E-state index contributed by atoms with van der Waals surface area (Å²) in [4.78, 5) is 0. The number of nitriles is 1. The first-order valence-corrected chi connectivity index (χ1v) is 18.4. The van der Waals surface area contributed by atoms with Crippen molar-refractivity contribution in [2.75, 3.05) is 19.0 Å². The highest BCUT2D eigenvalue weighted by atomic mass is 31.2. The summed E-state index contributed by atoms with van der Waals surface area (Å²) in [5.74, 6) is 0.575. The molecule has 0 fully saturated rings. The molecule has 1 aliphatic carbocycles. The molecule has 2 rings (SSSR count). The van der Waals surface area contributed by atoms with E-state index in [9.17, 15) is 5.26 Å². The maximum absolute atomic E-state index is 9.72. The van der Waals surface area contributed by atoms with E-state index >= 15 is 0 Å². The van der Waals surface area contributed by atoms with Gasteiger partial charge in [-0.25, -0.2) is 0 Å². The zero-order valence-electron chi connectivity index (χ0n) is 27.7. The molecule has 0 aromatic rings. The van der Waals surface area contributed by atoms with Gasteiger partial charge in [0.2, 0.25) is 5.70 Å². The summed E-state index contributed by atoms with van der Waals surface area (Å²) >= 11 is 0. The summed E-state index contributed by atoms with van der Waals surface area (Å²) in [7, 11) is -1.40. The molecule has 2 aliphatic rings. The van der Waals surface area contributed by atoms with Crippen LogP contribution < -0.4 is 0 Å². The third-order valence-corrected chi connectivity index (χ3v) is 12.5. The first-order chi connectivity index (χ1) is 19.8. The van der Waals surface area contributed by atoms with Crippen LogP contribution in [-0.4, -0.2) is 30.3 Å². The Labute approximate surface area is 259 Å². The Bertz CT molecular complexity index is 1240. The van der Waals surface area contributed by atoms with E-state index in [4.69, 9.17) is 0 Å². The quantitative estimate of drug-likeness (QED) is 0.0814. The second-order valence-corrected chi connectivity index (χ2v) is 17.6. The van der Waals surface area contributed by atoms with Crippen LogP contribution in [0.25, 0.3) is 0 Å². The molecule has 0 aromatic heterocycles. The summed E-state index contributed by atoms with van der Waals surface area (Å²) < 4.78 is 2.01. The zero-order valence-corrected chi connectivity index (χ0v) is 28.6. The lowest BCUT2D eigenvalue weighted by atomic mass is 9.81. The monoisotopic (exact) mass is 584 g/mol. The topological polar surface area (TPSA) is 26.8 Å². The van der Waals surface area contributed by atoms with E-state index in [0.717, 1.165) is 43.6 Å². The Hall–Kier alpha value is -2.75. The molecule has 0 amide bonds. The first kappa shape index (κ1) is 35.4. The van der Waals surface area contributed by atoms with Gasteiger partial charge in [0.05, 0.1) is 36.3 Å². The van der Waals surface area contributed by atoms with E-state index in [0.29, 0.717) is 11.3 Å². The van der Waals surface area contributed by atoms with Crippen molar-refractivity contribution in [2.24, 2.45) is 23.2 Å². The summed E-state index contributed by atoms with van der Waals surface area (Å²) in [5.41, 5.74) is 5.30. The van der Waals surface area contributed by atoms with Gasteiger partial charge in [0, 0.05) is 31.3 Å². The highest BCUT2D eigenvalue weighted by molar-refractivity contribution is 7.79. The SMILES string of the molecule is C=C(C)C(/C=C\[N+](=C)C1=C(C(C)C)CC=CC=C1)C1=CC[P+](C)(C(=C)CC=CC(C#N)CCC(C)(C)CCC)CC=C1. The van der Waals surface area contributed by atoms with Crippen LogP contribution in [0, 0.1) is 34.5 Å². The maximum atomic E-state index is 9.72. The second kappa shape index (κ2) is 16.8. The van der Waals surface area contributed by atoms with E-state index in [-0.39, 0.29) is 11.8 Å². The minimum atomic E-state index is -1.40. The average Bonchev–Trinajstić information content (AvgIpc) is 3.30. The Balaban J connectivity index is 2.11. The number of allylic oxidation sites excluding steroid dienone is 14. The van der Waals surface area contributed by atoms with Crippen LogP contribution in [0.5, 0.6) is 0 Å². The molecule has 2 nitrogen and oxygen atoms in total. The molecule has 0 saturated heterocycles. The number of hydrogen-bond donors (Lipinski definition) is 0. The Kier molecular flexibility index (Phi) is 14.2. The van der Waals surface area contributed by atoms with Crippen LogP contribution in [-0.2, 0) is 0 Å². The van der Waals surface area contributed by atoms with Crippen molar-refractivity contribution in [2.45, 2.75) is 80.1 Å². The van der Waals surface area contributed by atoms with Crippen molar-refractivity contribution in [1.29, 1.82) is 5.26 Å². The largest absolute Gasteiger partial charge is 0.209 e. The first-order valence-electron chi connectivity index (χ1n) is 15.8.